The summed E-state index contributed by atoms with van der Waals surface area (Å²) in [6.45, 7) is -0.215. The number of nitrogens with zero attached hydrogens (tertiary/aromatic N) is 2. The van der Waals surface area contributed by atoms with Crippen LogP contribution in [0.25, 0.3) is 0 Å². The van der Waals surface area contributed by atoms with Crippen molar-refractivity contribution in [1.82, 2.24) is 4.90 Å². The van der Waals surface area contributed by atoms with Crippen molar-refractivity contribution < 1.29 is 19.2 Å². The first kappa shape index (κ1) is 15.0. The predicted molar refractivity (Wildman–Crippen MR) is 68.8 cm³/mol. The number of hydrogen-bond donors (Lipinski definition) is 0. The lowest BCUT2D eigenvalue weighted by atomic mass is 10.3. The van der Waals surface area contributed by atoms with Crippen LogP contribution in [0.1, 0.15) is 0 Å². The number of likely N-dealkylation sites (N-methyl/N-ethyl adjacent to an activating group) is 1. The molecule has 0 saturated heterocycles. The van der Waals surface area contributed by atoms with Crippen LogP contribution in [0.2, 0.25) is 5.02 Å². The Balaban J connectivity index is 2.97. The van der Waals surface area contributed by atoms with E-state index >= 15 is 0 Å². The molecule has 0 heterocycles. The minimum Gasteiger partial charge on any atom is -0.490 e. The Morgan fingerprint density at radius 3 is 2.53 bits per heavy atom. The molecule has 0 atom stereocenters. The molecule has 1 rings (SSSR count). The molecule has 0 fully saturated rings. The van der Waals surface area contributed by atoms with Crippen LogP contribution in [0.15, 0.2) is 12.1 Å². The van der Waals surface area contributed by atoms with Gasteiger partial charge in [0, 0.05) is 26.2 Å². The Labute approximate surface area is 114 Å². The van der Waals surface area contributed by atoms with Gasteiger partial charge in [-0.05, 0) is 0 Å². The fraction of sp³-hybridized carbons (Fsp3) is 0.364. The van der Waals surface area contributed by atoms with Crippen LogP contribution in [0.4, 0.5) is 5.69 Å². The second-order valence-corrected chi connectivity index (χ2v) is 4.20. The minimum absolute atomic E-state index is 0.0155. The zero-order valence-electron chi connectivity index (χ0n) is 10.7. The molecule has 19 heavy (non-hydrogen) atoms. The largest absolute Gasteiger partial charge is 0.490 e. The maximum absolute atomic E-state index is 11.4. The van der Waals surface area contributed by atoms with E-state index in [0.717, 1.165) is 6.07 Å². The third-order valence-corrected chi connectivity index (χ3v) is 2.58. The number of amides is 1. The summed E-state index contributed by atoms with van der Waals surface area (Å²) in [7, 11) is 4.47. The van der Waals surface area contributed by atoms with Gasteiger partial charge in [0.15, 0.2) is 6.61 Å². The lowest BCUT2D eigenvalue weighted by molar-refractivity contribution is -0.385. The van der Waals surface area contributed by atoms with Crippen LogP contribution in [-0.4, -0.2) is 43.5 Å². The first-order valence-corrected chi connectivity index (χ1v) is 5.59. The number of benzene rings is 1. The minimum atomic E-state index is -0.612. The zero-order valence-corrected chi connectivity index (χ0v) is 11.4. The van der Waals surface area contributed by atoms with Gasteiger partial charge < -0.3 is 14.4 Å². The number of nitro groups is 1. The quantitative estimate of drug-likeness (QED) is 0.608. The molecule has 0 saturated carbocycles. The van der Waals surface area contributed by atoms with E-state index in [1.54, 1.807) is 14.1 Å². The molecule has 0 aliphatic carbocycles. The van der Waals surface area contributed by atoms with Gasteiger partial charge in [-0.1, -0.05) is 11.6 Å². The van der Waals surface area contributed by atoms with E-state index in [2.05, 4.69) is 0 Å². The molecular weight excluding hydrogens is 276 g/mol. The van der Waals surface area contributed by atoms with Crippen LogP contribution < -0.4 is 9.47 Å². The standard InChI is InChI=1S/C11H13ClN2O5/c1-13(2)11(15)6-19-9-5-10(18-3)8(14(16)17)4-7(9)12/h4-5H,6H2,1-3H3. The Bertz CT molecular complexity index is 504. The number of rotatable bonds is 5. The molecule has 0 radical (unpaired) electrons. The van der Waals surface area contributed by atoms with Crippen LogP contribution in [0.5, 0.6) is 11.5 Å². The summed E-state index contributed by atoms with van der Waals surface area (Å²) < 4.78 is 10.1. The van der Waals surface area contributed by atoms with E-state index in [-0.39, 0.29) is 34.7 Å². The topological polar surface area (TPSA) is 81.9 Å². The molecule has 0 unspecified atom stereocenters. The van der Waals surface area contributed by atoms with E-state index in [1.165, 1.54) is 18.1 Å². The van der Waals surface area contributed by atoms with E-state index in [9.17, 15) is 14.9 Å². The van der Waals surface area contributed by atoms with Gasteiger partial charge in [-0.3, -0.25) is 14.9 Å². The normalized spacial score (nSPS) is 9.89. The molecule has 0 N–H and O–H groups in total. The molecule has 1 aromatic carbocycles. The molecule has 0 spiro atoms. The molecule has 0 bridgehead atoms. The van der Waals surface area contributed by atoms with Crippen molar-refractivity contribution in [1.29, 1.82) is 0 Å². The average molecular weight is 289 g/mol. The second-order valence-electron chi connectivity index (χ2n) is 3.79. The Morgan fingerprint density at radius 2 is 2.05 bits per heavy atom. The van der Waals surface area contributed by atoms with Crippen LogP contribution in [-0.2, 0) is 4.79 Å². The highest BCUT2D eigenvalue weighted by atomic mass is 35.5. The Kier molecular flexibility index (Phi) is 4.94. The fourth-order valence-electron chi connectivity index (χ4n) is 1.21. The van der Waals surface area contributed by atoms with Crippen molar-refractivity contribution in [3.8, 4) is 11.5 Å². The highest BCUT2D eigenvalue weighted by Gasteiger charge is 2.19. The number of hydrogen-bond acceptors (Lipinski definition) is 5. The van der Waals surface area contributed by atoms with Crippen LogP contribution in [0.3, 0.4) is 0 Å². The molecular formula is C11H13ClN2O5. The monoisotopic (exact) mass is 288 g/mol. The van der Waals surface area contributed by atoms with E-state index in [1.807, 2.05) is 0 Å². The molecule has 0 aliphatic rings. The number of nitro benzene ring substituents is 1. The molecule has 0 aromatic heterocycles. The summed E-state index contributed by atoms with van der Waals surface area (Å²) >= 11 is 5.86. The van der Waals surface area contributed by atoms with Crippen molar-refractivity contribution in [3.63, 3.8) is 0 Å². The third-order valence-electron chi connectivity index (χ3n) is 2.28. The summed E-state index contributed by atoms with van der Waals surface area (Å²) in [5, 5.41) is 10.8. The van der Waals surface area contributed by atoms with Crippen molar-refractivity contribution in [3.05, 3.63) is 27.3 Å². The maximum atomic E-state index is 11.4. The summed E-state index contributed by atoms with van der Waals surface area (Å²) in [6.07, 6.45) is 0. The SMILES string of the molecule is COc1cc(OCC(=O)N(C)C)c(Cl)cc1[N+](=O)[O-]. The number of methoxy groups -OCH3 is 1. The van der Waals surface area contributed by atoms with Crippen molar-refractivity contribution in [2.24, 2.45) is 0 Å². The molecule has 104 valence electrons. The number of carbonyl (C=O) groups is 1. The van der Waals surface area contributed by atoms with Crippen LogP contribution in [0, 0.1) is 10.1 Å². The maximum Gasteiger partial charge on any atom is 0.312 e. The van der Waals surface area contributed by atoms with Gasteiger partial charge in [0.1, 0.15) is 5.75 Å². The van der Waals surface area contributed by atoms with Crippen molar-refractivity contribution in [2.75, 3.05) is 27.8 Å². The first-order chi connectivity index (χ1) is 8.86. The number of carbonyl (C=O) groups excluding carboxylic acids is 1. The summed E-state index contributed by atoms with van der Waals surface area (Å²) in [5.41, 5.74) is -0.265. The van der Waals surface area contributed by atoms with Gasteiger partial charge in [-0.2, -0.15) is 0 Å². The van der Waals surface area contributed by atoms with Crippen LogP contribution >= 0.6 is 11.6 Å². The summed E-state index contributed by atoms with van der Waals surface area (Å²) in [5.74, 6) is -0.0885. The van der Waals surface area contributed by atoms with Gasteiger partial charge in [0.05, 0.1) is 17.1 Å². The summed E-state index contributed by atoms with van der Waals surface area (Å²) in [6, 6.07) is 2.40. The predicted octanol–water partition coefficient (Wildman–Crippen LogP) is 1.72. The highest BCUT2D eigenvalue weighted by Crippen LogP contribution is 2.37. The van der Waals surface area contributed by atoms with Gasteiger partial charge in [-0.15, -0.1) is 0 Å². The molecule has 7 nitrogen and oxygen atoms in total. The van der Waals surface area contributed by atoms with Crippen molar-refractivity contribution >= 4 is 23.2 Å². The van der Waals surface area contributed by atoms with Gasteiger partial charge in [0.2, 0.25) is 5.75 Å². The lowest BCUT2D eigenvalue weighted by Gasteiger charge is -2.13. The lowest BCUT2D eigenvalue weighted by Crippen LogP contribution is -2.27. The van der Waals surface area contributed by atoms with E-state index < -0.39 is 4.92 Å². The Morgan fingerprint density at radius 1 is 1.42 bits per heavy atom. The first-order valence-electron chi connectivity index (χ1n) is 5.21. The molecule has 1 aromatic rings. The van der Waals surface area contributed by atoms with E-state index in [4.69, 9.17) is 21.1 Å². The van der Waals surface area contributed by atoms with Gasteiger partial charge in [-0.25, -0.2) is 0 Å². The second kappa shape index (κ2) is 6.24. The van der Waals surface area contributed by atoms with Gasteiger partial charge >= 0.3 is 5.69 Å². The Hall–Kier alpha value is -2.02. The van der Waals surface area contributed by atoms with Gasteiger partial charge in [0.25, 0.3) is 5.91 Å². The number of ether oxygens (including phenoxy) is 2. The molecule has 1 amide bonds. The molecule has 8 heteroatoms. The molecule has 0 aliphatic heterocycles. The highest BCUT2D eigenvalue weighted by molar-refractivity contribution is 6.32. The third kappa shape index (κ3) is 3.72. The average Bonchev–Trinajstić information content (AvgIpc) is 2.36. The smallest absolute Gasteiger partial charge is 0.312 e. The van der Waals surface area contributed by atoms with Crippen molar-refractivity contribution in [2.45, 2.75) is 0 Å². The zero-order chi connectivity index (χ0) is 14.6. The fourth-order valence-corrected chi connectivity index (χ4v) is 1.42. The number of halogens is 1. The van der Waals surface area contributed by atoms with E-state index in [0.29, 0.717) is 0 Å². The summed E-state index contributed by atoms with van der Waals surface area (Å²) in [4.78, 5) is 22.9.